The van der Waals surface area contributed by atoms with Crippen LogP contribution in [-0.2, 0) is 11.8 Å². The number of halogens is 3. The predicted molar refractivity (Wildman–Crippen MR) is 66.5 cm³/mol. The second kappa shape index (κ2) is 5.28. The molecule has 0 fully saturated rings. The van der Waals surface area contributed by atoms with Crippen LogP contribution in [0.4, 0.5) is 13.2 Å². The third kappa shape index (κ3) is 3.01. The van der Waals surface area contributed by atoms with Crippen molar-refractivity contribution in [2.75, 3.05) is 0 Å². The summed E-state index contributed by atoms with van der Waals surface area (Å²) in [5.41, 5.74) is 0. The molecule has 0 aliphatic rings. The van der Waals surface area contributed by atoms with Crippen LogP contribution in [0.15, 0.2) is 24.5 Å². The van der Waals surface area contributed by atoms with Crippen LogP contribution >= 0.6 is 11.3 Å². The lowest BCUT2D eigenvalue weighted by Gasteiger charge is -2.19. The van der Waals surface area contributed by atoms with Gasteiger partial charge in [0.05, 0.1) is 0 Å². The molecule has 20 heavy (non-hydrogen) atoms. The predicted octanol–water partition coefficient (Wildman–Crippen LogP) is 3.25. The molecular formula is C12H11F3N2O2S. The highest BCUT2D eigenvalue weighted by Crippen LogP contribution is 2.35. The van der Waals surface area contributed by atoms with Crippen molar-refractivity contribution < 1.29 is 22.7 Å². The van der Waals surface area contributed by atoms with E-state index in [0.717, 1.165) is 16.2 Å². The van der Waals surface area contributed by atoms with Gasteiger partial charge in [0.15, 0.2) is 5.82 Å². The maximum Gasteiger partial charge on any atom is 0.432 e. The van der Waals surface area contributed by atoms with Crippen LogP contribution in [0.1, 0.15) is 26.5 Å². The molecule has 1 atom stereocenters. The van der Waals surface area contributed by atoms with Crippen molar-refractivity contribution in [1.82, 2.24) is 9.55 Å². The van der Waals surface area contributed by atoms with Crippen LogP contribution in [0.3, 0.4) is 0 Å². The number of aromatic nitrogens is 2. The molecule has 0 aliphatic carbocycles. The van der Waals surface area contributed by atoms with Crippen LogP contribution in [0.2, 0.25) is 0 Å². The fraction of sp³-hybridized carbons (Fsp3) is 0.333. The molecule has 108 valence electrons. The van der Waals surface area contributed by atoms with Gasteiger partial charge in [0.1, 0.15) is 4.88 Å². The van der Waals surface area contributed by atoms with Crippen LogP contribution < -0.4 is 0 Å². The molecule has 0 saturated heterocycles. The van der Waals surface area contributed by atoms with Gasteiger partial charge >= 0.3 is 12.1 Å². The smallest absolute Gasteiger partial charge is 0.432 e. The van der Waals surface area contributed by atoms with Gasteiger partial charge in [-0.2, -0.15) is 13.2 Å². The van der Waals surface area contributed by atoms with E-state index in [0.29, 0.717) is 0 Å². The molecule has 0 bridgehead atoms. The Balaban J connectivity index is 2.26. The van der Waals surface area contributed by atoms with E-state index in [1.54, 1.807) is 13.0 Å². The first kappa shape index (κ1) is 14.6. The molecule has 0 unspecified atom stereocenters. The average molecular weight is 304 g/mol. The van der Waals surface area contributed by atoms with Gasteiger partial charge in [-0.25, -0.2) is 9.78 Å². The molecule has 2 rings (SSSR count). The number of hydrogen-bond donors (Lipinski definition) is 0. The number of alkyl halides is 3. The molecule has 0 radical (unpaired) electrons. The van der Waals surface area contributed by atoms with E-state index < -0.39 is 18.2 Å². The van der Waals surface area contributed by atoms with Crippen molar-refractivity contribution in [3.8, 4) is 0 Å². The van der Waals surface area contributed by atoms with Gasteiger partial charge in [-0.05, 0) is 19.1 Å². The minimum Gasteiger partial charge on any atom is -0.440 e. The van der Waals surface area contributed by atoms with Crippen molar-refractivity contribution in [1.29, 1.82) is 0 Å². The minimum absolute atomic E-state index is 0.131. The molecule has 0 amide bonds. The van der Waals surface area contributed by atoms with Crippen LogP contribution in [0, 0.1) is 6.92 Å². The third-order valence-corrected chi connectivity index (χ3v) is 3.54. The number of rotatable bonds is 3. The summed E-state index contributed by atoms with van der Waals surface area (Å²) in [4.78, 5) is 16.3. The van der Waals surface area contributed by atoms with Crippen molar-refractivity contribution in [2.24, 2.45) is 7.05 Å². The Morgan fingerprint density at radius 3 is 2.60 bits per heavy atom. The number of hydrogen-bond acceptors (Lipinski definition) is 4. The molecule has 0 aliphatic heterocycles. The highest BCUT2D eigenvalue weighted by Gasteiger charge is 2.46. The van der Waals surface area contributed by atoms with E-state index in [-0.39, 0.29) is 10.7 Å². The van der Waals surface area contributed by atoms with Gasteiger partial charge in [-0.1, -0.05) is 0 Å². The van der Waals surface area contributed by atoms with Gasteiger partial charge < -0.3 is 9.30 Å². The van der Waals surface area contributed by atoms with Crippen molar-refractivity contribution in [3.63, 3.8) is 0 Å². The highest BCUT2D eigenvalue weighted by atomic mass is 32.1. The largest absolute Gasteiger partial charge is 0.440 e. The first-order valence-electron chi connectivity index (χ1n) is 5.60. The van der Waals surface area contributed by atoms with Crippen LogP contribution in [0.25, 0.3) is 0 Å². The molecule has 2 aromatic rings. The SMILES string of the molecule is Cc1ccc(C(=O)O[C@@H](c2nccn2C)C(F)(F)F)s1. The van der Waals surface area contributed by atoms with Gasteiger partial charge in [0.2, 0.25) is 0 Å². The summed E-state index contributed by atoms with van der Waals surface area (Å²) in [6, 6.07) is 3.08. The van der Waals surface area contributed by atoms with E-state index >= 15 is 0 Å². The van der Waals surface area contributed by atoms with Crippen molar-refractivity contribution in [2.45, 2.75) is 19.2 Å². The Hall–Kier alpha value is -1.83. The number of carbonyl (C=O) groups is 1. The summed E-state index contributed by atoms with van der Waals surface area (Å²) in [6.45, 7) is 1.75. The standard InChI is InChI=1S/C12H11F3N2O2S/c1-7-3-4-8(20-7)11(18)19-9(12(13,14)15)10-16-5-6-17(10)2/h3-6,9H,1-2H3/t9-/m0/s1. The average Bonchev–Trinajstić information content (AvgIpc) is 2.93. The van der Waals surface area contributed by atoms with Gasteiger partial charge in [0.25, 0.3) is 6.10 Å². The number of esters is 1. The zero-order valence-electron chi connectivity index (χ0n) is 10.6. The third-order valence-electron chi connectivity index (χ3n) is 2.56. The van der Waals surface area contributed by atoms with Gasteiger partial charge in [-0.15, -0.1) is 11.3 Å². The summed E-state index contributed by atoms with van der Waals surface area (Å²) >= 11 is 1.08. The van der Waals surface area contributed by atoms with Crippen molar-refractivity contribution in [3.05, 3.63) is 40.1 Å². The second-order valence-corrected chi connectivity index (χ2v) is 5.42. The fourth-order valence-corrected chi connectivity index (χ4v) is 2.36. The maximum atomic E-state index is 13.0. The minimum atomic E-state index is -4.72. The lowest BCUT2D eigenvalue weighted by atomic mass is 10.3. The lowest BCUT2D eigenvalue weighted by molar-refractivity contribution is -0.210. The second-order valence-electron chi connectivity index (χ2n) is 4.13. The molecule has 0 spiro atoms. The zero-order valence-corrected chi connectivity index (χ0v) is 11.5. The molecule has 2 aromatic heterocycles. The van der Waals surface area contributed by atoms with Crippen molar-refractivity contribution >= 4 is 17.3 Å². The first-order valence-corrected chi connectivity index (χ1v) is 6.42. The van der Waals surface area contributed by atoms with E-state index in [2.05, 4.69) is 9.72 Å². The van der Waals surface area contributed by atoms with E-state index in [9.17, 15) is 18.0 Å². The molecule has 0 saturated carbocycles. The number of thiophene rings is 1. The Morgan fingerprint density at radius 2 is 2.15 bits per heavy atom. The molecule has 4 nitrogen and oxygen atoms in total. The maximum absolute atomic E-state index is 13.0. The monoisotopic (exact) mass is 304 g/mol. The molecule has 0 aromatic carbocycles. The number of aryl methyl sites for hydroxylation is 2. The molecule has 2 heterocycles. The number of carbonyl (C=O) groups excluding carboxylic acids is 1. The molecular weight excluding hydrogens is 293 g/mol. The lowest BCUT2D eigenvalue weighted by Crippen LogP contribution is -2.28. The van der Waals surface area contributed by atoms with E-state index in [4.69, 9.17) is 0 Å². The quantitative estimate of drug-likeness (QED) is 0.818. The Kier molecular flexibility index (Phi) is 3.85. The summed E-state index contributed by atoms with van der Waals surface area (Å²) in [5.74, 6) is -1.37. The summed E-state index contributed by atoms with van der Waals surface area (Å²) in [7, 11) is 1.41. The van der Waals surface area contributed by atoms with Crippen LogP contribution in [-0.4, -0.2) is 21.7 Å². The first-order chi connectivity index (χ1) is 9.29. The molecule has 0 N–H and O–H groups in total. The molecule has 8 heteroatoms. The number of imidazole rings is 1. The topological polar surface area (TPSA) is 44.1 Å². The Labute approximate surface area is 116 Å². The number of nitrogens with zero attached hydrogens (tertiary/aromatic N) is 2. The Morgan fingerprint density at radius 1 is 1.45 bits per heavy atom. The fourth-order valence-electron chi connectivity index (χ4n) is 1.61. The summed E-state index contributed by atoms with van der Waals surface area (Å²) in [5, 5.41) is 0. The van der Waals surface area contributed by atoms with Gasteiger partial charge in [-0.3, -0.25) is 0 Å². The Bertz CT molecular complexity index is 618. The summed E-state index contributed by atoms with van der Waals surface area (Å²) < 4.78 is 44.8. The number of ether oxygens (including phenoxy) is 1. The van der Waals surface area contributed by atoms with Crippen LogP contribution in [0.5, 0.6) is 0 Å². The highest BCUT2D eigenvalue weighted by molar-refractivity contribution is 7.13. The normalized spacial score (nSPS) is 13.2. The summed E-state index contributed by atoms with van der Waals surface area (Å²) in [6.07, 6.45) is -4.52. The zero-order chi connectivity index (χ0) is 14.9. The van der Waals surface area contributed by atoms with E-state index in [1.807, 2.05) is 0 Å². The van der Waals surface area contributed by atoms with E-state index in [1.165, 1.54) is 30.1 Å². The van der Waals surface area contributed by atoms with Gasteiger partial charge in [0, 0.05) is 24.3 Å².